The van der Waals surface area contributed by atoms with Crippen LogP contribution in [0, 0.1) is 6.92 Å². The van der Waals surface area contributed by atoms with E-state index in [1.54, 1.807) is 30.2 Å². The third-order valence-corrected chi connectivity index (χ3v) is 5.59. The largest absolute Gasteiger partial charge is 0.478 e. The van der Waals surface area contributed by atoms with E-state index in [4.69, 9.17) is 5.73 Å². The Morgan fingerprint density at radius 3 is 2.71 bits per heavy atom. The Morgan fingerprint density at radius 2 is 2.07 bits per heavy atom. The minimum Gasteiger partial charge on any atom is -0.478 e. The molecule has 8 nitrogen and oxygen atoms in total. The maximum absolute atomic E-state index is 12.6. The fraction of sp³-hybridized carbons (Fsp3) is 0.158. The fourth-order valence-electron chi connectivity index (χ4n) is 3.48. The second kappa shape index (κ2) is 6.93. The highest BCUT2D eigenvalue weighted by molar-refractivity contribution is 7.10. The van der Waals surface area contributed by atoms with Gasteiger partial charge in [-0.3, -0.25) is 9.78 Å². The number of pyridine rings is 2. The number of carbonyl (C=O) groups excluding carboxylic acids is 1. The van der Waals surface area contributed by atoms with Gasteiger partial charge in [0, 0.05) is 28.5 Å². The van der Waals surface area contributed by atoms with Gasteiger partial charge in [-0.1, -0.05) is 12.1 Å². The molecule has 0 spiro atoms. The maximum atomic E-state index is 12.6. The number of carboxylic acid groups (broad SMARTS) is 1. The number of carbonyl (C=O) groups is 2. The van der Waals surface area contributed by atoms with Gasteiger partial charge >= 0.3 is 5.97 Å². The number of aryl methyl sites for hydroxylation is 1. The highest BCUT2D eigenvalue weighted by atomic mass is 32.1. The molecule has 3 aromatic heterocycles. The summed E-state index contributed by atoms with van der Waals surface area (Å²) in [4.78, 5) is 35.7. The number of amides is 1. The molecular weight excluding hydrogens is 378 g/mol. The molecular formula is C19H17N5O3S. The summed E-state index contributed by atoms with van der Waals surface area (Å²) in [6.45, 7) is 1.79. The molecule has 1 aliphatic rings. The number of nitrogens with zero attached hydrogens (tertiary/aromatic N) is 3. The van der Waals surface area contributed by atoms with Gasteiger partial charge in [0.2, 0.25) is 5.91 Å². The molecule has 0 fully saturated rings. The molecule has 142 valence electrons. The molecule has 0 radical (unpaired) electrons. The Labute approximate surface area is 164 Å². The lowest BCUT2D eigenvalue weighted by Gasteiger charge is -2.33. The van der Waals surface area contributed by atoms with Gasteiger partial charge in [-0.05, 0) is 30.5 Å². The van der Waals surface area contributed by atoms with E-state index in [0.717, 1.165) is 4.88 Å². The normalized spacial score (nSPS) is 16.3. The van der Waals surface area contributed by atoms with Gasteiger partial charge in [0.1, 0.15) is 12.2 Å². The van der Waals surface area contributed by atoms with Crippen LogP contribution in [-0.4, -0.2) is 27.0 Å². The number of primary amides is 1. The van der Waals surface area contributed by atoms with Crippen molar-refractivity contribution in [1.29, 1.82) is 0 Å². The summed E-state index contributed by atoms with van der Waals surface area (Å²) in [7, 11) is 0. The molecule has 1 amide bonds. The zero-order valence-corrected chi connectivity index (χ0v) is 15.7. The van der Waals surface area contributed by atoms with Crippen LogP contribution >= 0.6 is 11.3 Å². The number of nitrogens with one attached hydrogen (secondary N) is 1. The summed E-state index contributed by atoms with van der Waals surface area (Å²) in [5.74, 6) is -1.32. The molecule has 4 N–H and O–H groups in total. The number of fused-ring (bicyclic) bond motifs is 1. The molecule has 28 heavy (non-hydrogen) atoms. The minimum atomic E-state index is -1.11. The van der Waals surface area contributed by atoms with Crippen molar-refractivity contribution in [1.82, 2.24) is 9.97 Å². The van der Waals surface area contributed by atoms with Crippen LogP contribution in [0.25, 0.3) is 0 Å². The summed E-state index contributed by atoms with van der Waals surface area (Å²) in [5.41, 5.74) is 7.46. The number of rotatable bonds is 5. The summed E-state index contributed by atoms with van der Waals surface area (Å²) in [5, 5.41) is 14.9. The van der Waals surface area contributed by atoms with Crippen molar-refractivity contribution in [3.8, 4) is 0 Å². The third kappa shape index (κ3) is 2.85. The topological polar surface area (TPSA) is 121 Å². The zero-order chi connectivity index (χ0) is 19.8. The minimum absolute atomic E-state index is 0.0457. The molecule has 1 aliphatic heterocycles. The number of anilines is 2. The van der Waals surface area contributed by atoms with Gasteiger partial charge in [-0.15, -0.1) is 11.3 Å². The van der Waals surface area contributed by atoms with Crippen molar-refractivity contribution in [2.24, 2.45) is 5.73 Å². The van der Waals surface area contributed by atoms with E-state index >= 15 is 0 Å². The van der Waals surface area contributed by atoms with Crippen LogP contribution in [0.4, 0.5) is 11.5 Å². The highest BCUT2D eigenvalue weighted by Crippen LogP contribution is 2.47. The zero-order valence-electron chi connectivity index (χ0n) is 14.9. The highest BCUT2D eigenvalue weighted by Gasteiger charge is 2.42. The SMILES string of the molecule is Cc1ncccc1C(C(N)=O)N1c2c(C(=O)O)ccnc2NC1c1cccs1. The molecule has 2 atom stereocenters. The third-order valence-electron chi connectivity index (χ3n) is 4.67. The fourth-order valence-corrected chi connectivity index (χ4v) is 4.25. The van der Waals surface area contributed by atoms with Crippen LogP contribution in [0.15, 0.2) is 48.1 Å². The van der Waals surface area contributed by atoms with Crippen molar-refractivity contribution >= 4 is 34.7 Å². The van der Waals surface area contributed by atoms with Crippen molar-refractivity contribution in [3.05, 3.63) is 69.8 Å². The maximum Gasteiger partial charge on any atom is 0.338 e. The number of aromatic carboxylic acids is 1. The van der Waals surface area contributed by atoms with Gasteiger partial charge in [0.25, 0.3) is 0 Å². The van der Waals surface area contributed by atoms with Crippen LogP contribution in [-0.2, 0) is 4.79 Å². The number of hydrogen-bond donors (Lipinski definition) is 3. The Bertz CT molecular complexity index is 1050. The van der Waals surface area contributed by atoms with Gasteiger partial charge in [0.05, 0.1) is 11.3 Å². The van der Waals surface area contributed by atoms with Crippen molar-refractivity contribution in [3.63, 3.8) is 0 Å². The average Bonchev–Trinajstić information content (AvgIpc) is 3.31. The van der Waals surface area contributed by atoms with Crippen LogP contribution in [0.2, 0.25) is 0 Å². The quantitative estimate of drug-likeness (QED) is 0.607. The van der Waals surface area contributed by atoms with E-state index in [1.165, 1.54) is 23.6 Å². The second-order valence-corrected chi connectivity index (χ2v) is 7.29. The van der Waals surface area contributed by atoms with Gasteiger partial charge < -0.3 is 21.1 Å². The molecule has 0 saturated carbocycles. The van der Waals surface area contributed by atoms with Crippen LogP contribution in [0.5, 0.6) is 0 Å². The second-order valence-electron chi connectivity index (χ2n) is 6.31. The molecule has 4 rings (SSSR count). The first-order chi connectivity index (χ1) is 13.5. The van der Waals surface area contributed by atoms with E-state index < -0.39 is 24.1 Å². The lowest BCUT2D eigenvalue weighted by Crippen LogP contribution is -2.40. The smallest absolute Gasteiger partial charge is 0.338 e. The summed E-state index contributed by atoms with van der Waals surface area (Å²) in [6, 6.07) is 7.80. The first-order valence-corrected chi connectivity index (χ1v) is 9.38. The number of hydrogen-bond acceptors (Lipinski definition) is 7. The Kier molecular flexibility index (Phi) is 4.44. The first-order valence-electron chi connectivity index (χ1n) is 8.50. The van der Waals surface area contributed by atoms with E-state index in [-0.39, 0.29) is 5.56 Å². The Hall–Kier alpha value is -3.46. The van der Waals surface area contributed by atoms with Crippen molar-refractivity contribution in [2.45, 2.75) is 19.1 Å². The van der Waals surface area contributed by atoms with Gasteiger partial charge in [0.15, 0.2) is 5.82 Å². The monoisotopic (exact) mass is 395 g/mol. The lowest BCUT2D eigenvalue weighted by atomic mass is 10.0. The molecule has 3 aromatic rings. The number of nitrogens with two attached hydrogens (primary N) is 1. The van der Waals surface area contributed by atoms with Gasteiger partial charge in [-0.2, -0.15) is 0 Å². The predicted molar refractivity (Wildman–Crippen MR) is 105 cm³/mol. The molecule has 0 bridgehead atoms. The number of thiophene rings is 1. The summed E-state index contributed by atoms with van der Waals surface area (Å²) >= 11 is 1.49. The van der Waals surface area contributed by atoms with Crippen LogP contribution in [0.3, 0.4) is 0 Å². The molecule has 2 unspecified atom stereocenters. The number of aromatic nitrogens is 2. The van der Waals surface area contributed by atoms with E-state index in [9.17, 15) is 14.7 Å². The van der Waals surface area contributed by atoms with Crippen molar-refractivity contribution < 1.29 is 14.7 Å². The predicted octanol–water partition coefficient (Wildman–Crippen LogP) is 2.70. The molecule has 0 aromatic carbocycles. The summed E-state index contributed by atoms with van der Waals surface area (Å²) < 4.78 is 0. The van der Waals surface area contributed by atoms with E-state index in [1.807, 2.05) is 17.5 Å². The molecule has 0 saturated heterocycles. The molecule has 9 heteroatoms. The standard InChI is InChI=1S/C19H17N5O3S/c1-10-11(4-2-7-21-10)14(16(20)25)24-15-12(19(26)27)6-8-22-17(15)23-18(24)13-5-3-9-28-13/h2-9,14,18H,1H3,(H2,20,25)(H,22,23)(H,26,27). The van der Waals surface area contributed by atoms with E-state index in [2.05, 4.69) is 15.3 Å². The Balaban J connectivity index is 1.96. The van der Waals surface area contributed by atoms with Crippen molar-refractivity contribution in [2.75, 3.05) is 10.2 Å². The Morgan fingerprint density at radius 1 is 1.25 bits per heavy atom. The molecule has 4 heterocycles. The summed E-state index contributed by atoms with van der Waals surface area (Å²) in [6.07, 6.45) is 2.58. The average molecular weight is 395 g/mol. The molecule has 0 aliphatic carbocycles. The lowest BCUT2D eigenvalue weighted by molar-refractivity contribution is -0.119. The van der Waals surface area contributed by atoms with Crippen LogP contribution in [0.1, 0.15) is 38.7 Å². The van der Waals surface area contributed by atoms with E-state index in [0.29, 0.717) is 22.8 Å². The first kappa shape index (κ1) is 17.9. The van der Waals surface area contributed by atoms with Crippen LogP contribution < -0.4 is 16.0 Å². The van der Waals surface area contributed by atoms with Gasteiger partial charge in [-0.25, -0.2) is 9.78 Å². The number of carboxylic acids is 1.